The number of hydrogen-bond donors (Lipinski definition) is 2. The zero-order valence-corrected chi connectivity index (χ0v) is 22.2. The van der Waals surface area contributed by atoms with Gasteiger partial charge in [0.2, 0.25) is 5.91 Å². The molecule has 2 heterocycles. The zero-order valence-electron chi connectivity index (χ0n) is 21.4. The summed E-state index contributed by atoms with van der Waals surface area (Å²) in [5.74, 6) is -1.08. The molecule has 1 aliphatic rings. The molecule has 7 heteroatoms. The predicted molar refractivity (Wildman–Crippen MR) is 152 cm³/mol. The average molecular weight is 540 g/mol. The van der Waals surface area contributed by atoms with Crippen LogP contribution in [0.2, 0.25) is 5.02 Å². The minimum absolute atomic E-state index is 0.188. The maximum Gasteiger partial charge on any atom is 0.255 e. The van der Waals surface area contributed by atoms with E-state index in [2.05, 4.69) is 10.3 Å². The van der Waals surface area contributed by atoms with Crippen molar-refractivity contribution in [3.05, 3.63) is 136 Å². The van der Waals surface area contributed by atoms with Gasteiger partial charge in [0, 0.05) is 35.4 Å². The average Bonchev–Trinajstić information content (AvgIpc) is 2.97. The Morgan fingerprint density at radius 1 is 0.949 bits per heavy atom. The highest BCUT2D eigenvalue weighted by molar-refractivity contribution is 6.30. The van der Waals surface area contributed by atoms with Crippen molar-refractivity contribution in [3.63, 3.8) is 0 Å². The molecule has 0 saturated carbocycles. The van der Waals surface area contributed by atoms with Gasteiger partial charge in [-0.15, -0.1) is 0 Å². The van der Waals surface area contributed by atoms with Crippen LogP contribution in [0, 0.1) is 0 Å². The molecule has 0 fully saturated rings. The van der Waals surface area contributed by atoms with Gasteiger partial charge in [-0.05, 0) is 53.4 Å². The maximum atomic E-state index is 14.1. The Morgan fingerprint density at radius 3 is 2.38 bits per heavy atom. The van der Waals surface area contributed by atoms with Crippen molar-refractivity contribution in [3.8, 4) is 0 Å². The Labute approximate surface area is 233 Å². The molecule has 1 aromatic heterocycles. The number of carbonyl (C=O) groups is 2. The molecular weight excluding hydrogens is 510 g/mol. The topological polar surface area (TPSA) is 82.5 Å². The number of rotatable bonds is 9. The Morgan fingerprint density at radius 2 is 1.67 bits per heavy atom. The van der Waals surface area contributed by atoms with Gasteiger partial charge in [-0.3, -0.25) is 14.6 Å². The Balaban J connectivity index is 1.55. The van der Waals surface area contributed by atoms with Gasteiger partial charge in [0.1, 0.15) is 0 Å². The lowest BCUT2D eigenvalue weighted by Gasteiger charge is -2.45. The minimum Gasteiger partial charge on any atom is -0.394 e. The smallest absolute Gasteiger partial charge is 0.255 e. The molecule has 2 N–H and O–H groups in total. The fraction of sp³-hybridized carbons (Fsp3) is 0.219. The number of aliphatic hydroxyl groups excluding tert-OH is 1. The summed E-state index contributed by atoms with van der Waals surface area (Å²) in [5.41, 5.74) is 3.80. The second kappa shape index (κ2) is 12.2. The van der Waals surface area contributed by atoms with E-state index in [1.807, 2.05) is 72.8 Å². The number of carbonyl (C=O) groups excluding carboxylic acids is 2. The van der Waals surface area contributed by atoms with Gasteiger partial charge in [0.05, 0.1) is 24.6 Å². The first-order chi connectivity index (χ1) is 19.1. The van der Waals surface area contributed by atoms with E-state index in [-0.39, 0.29) is 18.4 Å². The highest BCUT2D eigenvalue weighted by Gasteiger charge is 2.46. The molecule has 5 rings (SSSR count). The van der Waals surface area contributed by atoms with E-state index in [0.29, 0.717) is 35.5 Å². The number of fused-ring (bicyclic) bond motifs is 1. The number of halogens is 1. The third kappa shape index (κ3) is 5.87. The summed E-state index contributed by atoms with van der Waals surface area (Å²) in [6, 6.07) is 28.8. The highest BCUT2D eigenvalue weighted by Crippen LogP contribution is 2.44. The van der Waals surface area contributed by atoms with Gasteiger partial charge in [-0.25, -0.2) is 0 Å². The molecule has 4 aromatic rings. The van der Waals surface area contributed by atoms with Crippen molar-refractivity contribution < 1.29 is 14.7 Å². The van der Waals surface area contributed by atoms with E-state index in [9.17, 15) is 14.7 Å². The van der Waals surface area contributed by atoms with Gasteiger partial charge in [0.25, 0.3) is 5.91 Å². The highest BCUT2D eigenvalue weighted by atomic mass is 35.5. The number of nitrogens with one attached hydrogen (secondary N) is 1. The number of pyridine rings is 1. The van der Waals surface area contributed by atoms with Crippen LogP contribution in [0.25, 0.3) is 0 Å². The van der Waals surface area contributed by atoms with E-state index < -0.39 is 18.0 Å². The molecule has 0 bridgehead atoms. The van der Waals surface area contributed by atoms with E-state index in [1.165, 1.54) is 0 Å². The van der Waals surface area contributed by atoms with Crippen LogP contribution in [0.5, 0.6) is 0 Å². The molecule has 3 aromatic carbocycles. The van der Waals surface area contributed by atoms with Crippen LogP contribution < -0.4 is 5.32 Å². The van der Waals surface area contributed by atoms with Gasteiger partial charge in [0.15, 0.2) is 0 Å². The van der Waals surface area contributed by atoms with Crippen LogP contribution in [-0.4, -0.2) is 46.0 Å². The number of benzene rings is 3. The maximum absolute atomic E-state index is 14.1. The summed E-state index contributed by atoms with van der Waals surface area (Å²) >= 11 is 6.21. The lowest BCUT2D eigenvalue weighted by Crippen LogP contribution is -2.53. The summed E-state index contributed by atoms with van der Waals surface area (Å²) in [7, 11) is 0. The second-order valence-corrected chi connectivity index (χ2v) is 10.1. The molecule has 3 atom stereocenters. The lowest BCUT2D eigenvalue weighted by molar-refractivity contribution is -0.124. The molecule has 0 unspecified atom stereocenters. The molecule has 0 saturated heterocycles. The van der Waals surface area contributed by atoms with Gasteiger partial charge in [-0.1, -0.05) is 78.3 Å². The Hall–Kier alpha value is -4.00. The van der Waals surface area contributed by atoms with E-state index in [4.69, 9.17) is 11.6 Å². The second-order valence-electron chi connectivity index (χ2n) is 9.66. The number of hydrogen-bond acceptors (Lipinski definition) is 4. The van der Waals surface area contributed by atoms with Crippen LogP contribution in [0.4, 0.5) is 0 Å². The standard InChI is InChI=1S/C32H30ClN3O3/c33-24-15-13-23(14-16-24)30-29(31(38)35-19-17-25-10-6-7-18-34-25)27-11-4-5-12-28(27)32(39)36(30)26(21-37)20-22-8-2-1-3-9-22/h1-16,18,26,29-30,37H,17,19-21H2,(H,35,38)/t26-,29+,30-/m0/s1. The molecule has 6 nitrogen and oxygen atoms in total. The summed E-state index contributed by atoms with van der Waals surface area (Å²) in [5, 5.41) is 14.2. The van der Waals surface area contributed by atoms with Crippen LogP contribution >= 0.6 is 11.6 Å². The summed E-state index contributed by atoms with van der Waals surface area (Å²) < 4.78 is 0. The van der Waals surface area contributed by atoms with Crippen LogP contribution in [0.15, 0.2) is 103 Å². The van der Waals surface area contributed by atoms with Gasteiger partial charge >= 0.3 is 0 Å². The van der Waals surface area contributed by atoms with Gasteiger partial charge in [-0.2, -0.15) is 0 Å². The number of aromatic nitrogens is 1. The van der Waals surface area contributed by atoms with Crippen molar-refractivity contribution in [2.75, 3.05) is 13.2 Å². The van der Waals surface area contributed by atoms with E-state index in [0.717, 1.165) is 16.8 Å². The molecule has 1 aliphatic heterocycles. The van der Waals surface area contributed by atoms with Crippen LogP contribution in [0.3, 0.4) is 0 Å². The summed E-state index contributed by atoms with van der Waals surface area (Å²) in [6.45, 7) is 0.157. The Kier molecular flexibility index (Phi) is 8.35. The molecule has 0 spiro atoms. The fourth-order valence-corrected chi connectivity index (χ4v) is 5.48. The number of aliphatic hydroxyl groups is 1. The van der Waals surface area contributed by atoms with Crippen molar-refractivity contribution in [1.29, 1.82) is 0 Å². The number of nitrogens with zero attached hydrogens (tertiary/aromatic N) is 2. The van der Waals surface area contributed by atoms with Crippen LogP contribution in [-0.2, 0) is 17.6 Å². The Bertz CT molecular complexity index is 1410. The van der Waals surface area contributed by atoms with Crippen molar-refractivity contribution in [1.82, 2.24) is 15.2 Å². The first-order valence-electron chi connectivity index (χ1n) is 13.1. The van der Waals surface area contributed by atoms with Crippen LogP contribution in [0.1, 0.15) is 44.7 Å². The van der Waals surface area contributed by atoms with E-state index in [1.54, 1.807) is 35.4 Å². The van der Waals surface area contributed by atoms with Crippen molar-refractivity contribution in [2.24, 2.45) is 0 Å². The molecule has 2 amide bonds. The molecule has 39 heavy (non-hydrogen) atoms. The zero-order chi connectivity index (χ0) is 27.2. The lowest BCUT2D eigenvalue weighted by atomic mass is 9.78. The third-order valence-electron chi connectivity index (χ3n) is 7.20. The monoisotopic (exact) mass is 539 g/mol. The van der Waals surface area contributed by atoms with Gasteiger partial charge < -0.3 is 15.3 Å². The first-order valence-corrected chi connectivity index (χ1v) is 13.4. The van der Waals surface area contributed by atoms with E-state index >= 15 is 0 Å². The van der Waals surface area contributed by atoms with Crippen molar-refractivity contribution in [2.45, 2.75) is 30.8 Å². The molecule has 0 radical (unpaired) electrons. The quantitative estimate of drug-likeness (QED) is 0.314. The predicted octanol–water partition coefficient (Wildman–Crippen LogP) is 4.98. The third-order valence-corrected chi connectivity index (χ3v) is 7.45. The van der Waals surface area contributed by atoms with Crippen molar-refractivity contribution >= 4 is 23.4 Å². The summed E-state index contributed by atoms with van der Waals surface area (Å²) in [4.78, 5) is 34.1. The SMILES string of the molecule is O=C(NCCc1ccccn1)[C@@H]1c2ccccc2C(=O)N([C@H](CO)Cc2ccccc2)[C@H]1c1ccc(Cl)cc1. The fourth-order valence-electron chi connectivity index (χ4n) is 5.36. The molecule has 198 valence electrons. The number of amides is 2. The molecule has 0 aliphatic carbocycles. The summed E-state index contributed by atoms with van der Waals surface area (Å²) in [6.07, 6.45) is 2.77. The minimum atomic E-state index is -0.686. The largest absolute Gasteiger partial charge is 0.394 e. The molecular formula is C32H30ClN3O3. The normalized spacial score (nSPS) is 17.4. The first kappa shape index (κ1) is 26.6.